The van der Waals surface area contributed by atoms with Gasteiger partial charge in [-0.1, -0.05) is 5.16 Å². The molecule has 0 aliphatic heterocycles. The normalized spacial score (nSPS) is 11.9. The van der Waals surface area contributed by atoms with E-state index in [0.29, 0.717) is 6.07 Å². The van der Waals surface area contributed by atoms with Crippen molar-refractivity contribution in [3.8, 4) is 0 Å². The van der Waals surface area contributed by atoms with Gasteiger partial charge in [0.05, 0.1) is 12.1 Å². The van der Waals surface area contributed by atoms with Gasteiger partial charge in [-0.2, -0.15) is 18.2 Å². The summed E-state index contributed by atoms with van der Waals surface area (Å²) in [6.45, 7) is 1.46. The Kier molecular flexibility index (Phi) is 4.12. The lowest BCUT2D eigenvalue weighted by Crippen LogP contribution is -2.25. The van der Waals surface area contributed by atoms with Crippen LogP contribution in [0.15, 0.2) is 21.5 Å². The minimum Gasteiger partial charge on any atom is -0.375 e. The monoisotopic (exact) mass is 303 g/mol. The summed E-state index contributed by atoms with van der Waals surface area (Å²) in [7, 11) is 1.45. The molecule has 0 bridgehead atoms. The maximum absolute atomic E-state index is 12.6. The van der Waals surface area contributed by atoms with Crippen LogP contribution < -0.4 is 5.56 Å². The Morgan fingerprint density at radius 2 is 2.10 bits per heavy atom. The van der Waals surface area contributed by atoms with Crippen molar-refractivity contribution in [2.45, 2.75) is 26.3 Å². The van der Waals surface area contributed by atoms with Gasteiger partial charge in [0.15, 0.2) is 5.82 Å². The van der Waals surface area contributed by atoms with Crippen LogP contribution in [0.3, 0.4) is 0 Å². The van der Waals surface area contributed by atoms with Crippen LogP contribution in [0.1, 0.15) is 23.0 Å². The number of rotatable bonds is 4. The fourth-order valence-electron chi connectivity index (χ4n) is 1.77. The molecule has 0 fully saturated rings. The fourth-order valence-corrected chi connectivity index (χ4v) is 1.77. The smallest absolute Gasteiger partial charge is 0.375 e. The zero-order valence-electron chi connectivity index (χ0n) is 11.3. The summed E-state index contributed by atoms with van der Waals surface area (Å²) in [5.41, 5.74) is -1.59. The molecule has 2 rings (SSSR count). The number of nitrogens with zero attached hydrogens (tertiary/aromatic N) is 3. The maximum atomic E-state index is 12.6. The lowest BCUT2D eigenvalue weighted by atomic mass is 10.2. The van der Waals surface area contributed by atoms with E-state index in [9.17, 15) is 18.0 Å². The zero-order chi connectivity index (χ0) is 15.6. The summed E-state index contributed by atoms with van der Waals surface area (Å²) in [5.74, 6) is 0.414. The van der Waals surface area contributed by atoms with Crippen LogP contribution >= 0.6 is 0 Å². The first kappa shape index (κ1) is 15.2. The van der Waals surface area contributed by atoms with E-state index in [2.05, 4.69) is 10.1 Å². The number of pyridine rings is 1. The van der Waals surface area contributed by atoms with Gasteiger partial charge in [-0.25, -0.2) is 0 Å². The topological polar surface area (TPSA) is 70.2 Å². The third-order valence-corrected chi connectivity index (χ3v) is 2.74. The molecule has 0 aliphatic carbocycles. The number of aromatic nitrogens is 3. The van der Waals surface area contributed by atoms with Crippen molar-refractivity contribution >= 4 is 0 Å². The van der Waals surface area contributed by atoms with E-state index >= 15 is 0 Å². The molecule has 21 heavy (non-hydrogen) atoms. The van der Waals surface area contributed by atoms with Gasteiger partial charge < -0.3 is 13.8 Å². The zero-order valence-corrected chi connectivity index (χ0v) is 11.3. The van der Waals surface area contributed by atoms with Crippen LogP contribution in [0.4, 0.5) is 13.2 Å². The highest BCUT2D eigenvalue weighted by atomic mass is 19.4. The van der Waals surface area contributed by atoms with Crippen molar-refractivity contribution < 1.29 is 22.4 Å². The summed E-state index contributed by atoms with van der Waals surface area (Å²) in [4.78, 5) is 15.8. The predicted molar refractivity (Wildman–Crippen MR) is 64.6 cm³/mol. The Labute approximate surface area is 117 Å². The molecule has 114 valence electrons. The molecule has 0 radical (unpaired) electrons. The summed E-state index contributed by atoms with van der Waals surface area (Å²) in [6.07, 6.45) is -4.55. The lowest BCUT2D eigenvalue weighted by Gasteiger charge is -2.11. The molecule has 9 heteroatoms. The SMILES string of the molecule is COCc1nc(Cn2c(C)cc(C(F)(F)F)cc2=O)no1. The third-order valence-electron chi connectivity index (χ3n) is 2.74. The molecule has 0 atom stereocenters. The molecule has 0 saturated heterocycles. The van der Waals surface area contributed by atoms with Crippen LogP contribution in [0.25, 0.3) is 0 Å². The van der Waals surface area contributed by atoms with Crippen molar-refractivity contribution in [3.05, 3.63) is 45.5 Å². The molecule has 0 spiro atoms. The van der Waals surface area contributed by atoms with E-state index in [-0.39, 0.29) is 30.6 Å². The second kappa shape index (κ2) is 5.68. The highest BCUT2D eigenvalue weighted by Gasteiger charge is 2.31. The molecule has 2 aromatic heterocycles. The van der Waals surface area contributed by atoms with E-state index in [4.69, 9.17) is 9.26 Å². The molecule has 0 N–H and O–H groups in total. The average molecular weight is 303 g/mol. The van der Waals surface area contributed by atoms with Gasteiger partial charge in [-0.3, -0.25) is 4.79 Å². The number of hydrogen-bond acceptors (Lipinski definition) is 5. The molecule has 0 saturated carbocycles. The quantitative estimate of drug-likeness (QED) is 0.860. The van der Waals surface area contributed by atoms with Crippen LogP contribution in [-0.2, 0) is 24.1 Å². The standard InChI is InChI=1S/C12H12F3N3O3/c1-7-3-8(12(13,14)15)4-11(19)18(7)5-9-16-10(6-20-2)21-17-9/h3-4H,5-6H2,1-2H3. The first-order chi connectivity index (χ1) is 9.81. The number of alkyl halides is 3. The Balaban J connectivity index is 2.30. The van der Waals surface area contributed by atoms with Crippen molar-refractivity contribution in [1.29, 1.82) is 0 Å². The molecule has 6 nitrogen and oxygen atoms in total. The van der Waals surface area contributed by atoms with Crippen LogP contribution in [-0.4, -0.2) is 21.8 Å². The van der Waals surface area contributed by atoms with Gasteiger partial charge in [0, 0.05) is 18.9 Å². The van der Waals surface area contributed by atoms with Crippen molar-refractivity contribution in [1.82, 2.24) is 14.7 Å². The molecular formula is C12H12F3N3O3. The molecule has 0 unspecified atom stereocenters. The van der Waals surface area contributed by atoms with Gasteiger partial charge in [0.2, 0.25) is 0 Å². The van der Waals surface area contributed by atoms with E-state index in [1.165, 1.54) is 14.0 Å². The number of aryl methyl sites for hydroxylation is 1. The Morgan fingerprint density at radius 3 is 2.67 bits per heavy atom. The van der Waals surface area contributed by atoms with E-state index in [1.807, 2.05) is 0 Å². The molecular weight excluding hydrogens is 291 g/mol. The lowest BCUT2D eigenvalue weighted by molar-refractivity contribution is -0.137. The number of halogens is 3. The molecule has 0 aromatic carbocycles. The first-order valence-electron chi connectivity index (χ1n) is 5.90. The largest absolute Gasteiger partial charge is 0.416 e. The molecule has 2 aromatic rings. The van der Waals surface area contributed by atoms with E-state index in [0.717, 1.165) is 10.6 Å². The maximum Gasteiger partial charge on any atom is 0.416 e. The Morgan fingerprint density at radius 1 is 1.38 bits per heavy atom. The van der Waals surface area contributed by atoms with E-state index in [1.54, 1.807) is 0 Å². The van der Waals surface area contributed by atoms with Crippen LogP contribution in [0.5, 0.6) is 0 Å². The van der Waals surface area contributed by atoms with Crippen molar-refractivity contribution in [3.63, 3.8) is 0 Å². The van der Waals surface area contributed by atoms with Gasteiger partial charge in [0.1, 0.15) is 6.61 Å². The van der Waals surface area contributed by atoms with Crippen molar-refractivity contribution in [2.24, 2.45) is 0 Å². The number of ether oxygens (including phenoxy) is 1. The van der Waals surface area contributed by atoms with Gasteiger partial charge in [0.25, 0.3) is 11.4 Å². The first-order valence-corrected chi connectivity index (χ1v) is 5.90. The Bertz CT molecular complexity index is 691. The van der Waals surface area contributed by atoms with Crippen LogP contribution in [0.2, 0.25) is 0 Å². The van der Waals surface area contributed by atoms with Gasteiger partial charge in [-0.05, 0) is 13.0 Å². The summed E-state index contributed by atoms with van der Waals surface area (Å²) < 4.78 is 48.6. The summed E-state index contributed by atoms with van der Waals surface area (Å²) in [6, 6.07) is 1.45. The Hall–Kier alpha value is -2.16. The predicted octanol–water partition coefficient (Wildman–Crippen LogP) is 1.75. The minimum atomic E-state index is -4.55. The average Bonchev–Trinajstić information content (AvgIpc) is 2.80. The molecule has 2 heterocycles. The third kappa shape index (κ3) is 3.48. The van der Waals surface area contributed by atoms with Crippen molar-refractivity contribution in [2.75, 3.05) is 7.11 Å². The van der Waals surface area contributed by atoms with Gasteiger partial charge >= 0.3 is 6.18 Å². The molecule has 0 amide bonds. The minimum absolute atomic E-state index is 0.0734. The fraction of sp³-hybridized carbons (Fsp3) is 0.417. The summed E-state index contributed by atoms with van der Waals surface area (Å²) >= 11 is 0. The second-order valence-electron chi connectivity index (χ2n) is 4.34. The summed E-state index contributed by atoms with van der Waals surface area (Å²) in [5, 5.41) is 3.64. The van der Waals surface area contributed by atoms with E-state index < -0.39 is 17.3 Å². The van der Waals surface area contributed by atoms with Crippen LogP contribution in [0, 0.1) is 6.92 Å². The highest BCUT2D eigenvalue weighted by Crippen LogP contribution is 2.28. The molecule has 0 aliphatic rings. The van der Waals surface area contributed by atoms with Gasteiger partial charge in [-0.15, -0.1) is 0 Å². The number of methoxy groups -OCH3 is 1. The second-order valence-corrected chi connectivity index (χ2v) is 4.34. The highest BCUT2D eigenvalue weighted by molar-refractivity contribution is 5.20. The number of hydrogen-bond donors (Lipinski definition) is 0.